The number of allylic oxidation sites excluding steroid dienone is 1. The van der Waals surface area contributed by atoms with Crippen LogP contribution in [0, 0.1) is 0 Å². The number of hydrogen-bond acceptors (Lipinski definition) is 2. The molecule has 0 bridgehead atoms. The highest BCUT2D eigenvalue weighted by molar-refractivity contribution is 6.02. The van der Waals surface area contributed by atoms with Gasteiger partial charge in [0.2, 0.25) is 0 Å². The molecule has 0 atom stereocenters. The molecule has 0 saturated carbocycles. The van der Waals surface area contributed by atoms with E-state index in [0.717, 1.165) is 23.3 Å². The smallest absolute Gasteiger partial charge is 0.0681 e. The second-order valence-electron chi connectivity index (χ2n) is 3.02. The Bertz CT molecular complexity index is 349. The first kappa shape index (κ1) is 8.20. The van der Waals surface area contributed by atoms with Crippen molar-refractivity contribution >= 4 is 5.71 Å². The van der Waals surface area contributed by atoms with E-state index >= 15 is 0 Å². The fraction of sp³-hybridized carbons (Fsp3) is 0.182. The van der Waals surface area contributed by atoms with Gasteiger partial charge in [0.15, 0.2) is 0 Å². The number of aliphatic imine (C=N–C) groups is 1. The monoisotopic (exact) mass is 173 g/mol. The Balaban J connectivity index is 2.23. The summed E-state index contributed by atoms with van der Waals surface area (Å²) < 4.78 is 0. The van der Waals surface area contributed by atoms with Crippen LogP contribution in [0.1, 0.15) is 17.5 Å². The Hall–Kier alpha value is -1.41. The van der Waals surface area contributed by atoms with E-state index in [0.29, 0.717) is 0 Å². The average molecular weight is 173 g/mol. The van der Waals surface area contributed by atoms with Crippen molar-refractivity contribution in [2.45, 2.75) is 13.0 Å². The number of aliphatic hydroxyl groups is 1. The molecular weight excluding hydrogens is 162 g/mol. The molecule has 0 amide bonds. The van der Waals surface area contributed by atoms with Gasteiger partial charge in [0.05, 0.1) is 12.3 Å². The summed E-state index contributed by atoms with van der Waals surface area (Å²) in [5.41, 5.74) is 3.18. The molecule has 1 N–H and O–H groups in total. The van der Waals surface area contributed by atoms with Gasteiger partial charge in [-0.1, -0.05) is 30.3 Å². The van der Waals surface area contributed by atoms with Gasteiger partial charge in [0, 0.05) is 12.6 Å². The average Bonchev–Trinajstić information content (AvgIpc) is 2.71. The second-order valence-corrected chi connectivity index (χ2v) is 3.02. The Morgan fingerprint density at radius 3 is 2.54 bits per heavy atom. The lowest BCUT2D eigenvalue weighted by Gasteiger charge is -2.01. The summed E-state index contributed by atoms with van der Waals surface area (Å²) in [4.78, 5) is 4.24. The molecule has 1 aromatic rings. The number of aliphatic hydroxyl groups excluding tert-OH is 1. The van der Waals surface area contributed by atoms with Crippen molar-refractivity contribution in [3.05, 3.63) is 47.7 Å². The predicted molar refractivity (Wildman–Crippen MR) is 52.7 cm³/mol. The summed E-state index contributed by atoms with van der Waals surface area (Å²) in [6.45, 7) is 0.102. The lowest BCUT2D eigenvalue weighted by atomic mass is 10.1. The first-order valence-corrected chi connectivity index (χ1v) is 4.32. The van der Waals surface area contributed by atoms with Crippen molar-refractivity contribution in [3.8, 4) is 0 Å². The maximum Gasteiger partial charge on any atom is 0.0681 e. The number of nitrogens with zero attached hydrogens (tertiary/aromatic N) is 1. The first-order chi connectivity index (χ1) is 6.40. The number of hydrogen-bond donors (Lipinski definition) is 1. The Kier molecular flexibility index (Phi) is 2.23. The van der Waals surface area contributed by atoms with E-state index in [1.54, 1.807) is 0 Å². The van der Waals surface area contributed by atoms with Crippen LogP contribution in [0.4, 0.5) is 0 Å². The molecule has 0 saturated heterocycles. The first-order valence-electron chi connectivity index (χ1n) is 4.32. The predicted octanol–water partition coefficient (Wildman–Crippen LogP) is 1.89. The molecule has 66 valence electrons. The van der Waals surface area contributed by atoms with Crippen LogP contribution in [0.5, 0.6) is 0 Å². The van der Waals surface area contributed by atoms with Gasteiger partial charge in [-0.2, -0.15) is 0 Å². The minimum Gasteiger partial charge on any atom is -0.392 e. The highest BCUT2D eigenvalue weighted by atomic mass is 16.3. The van der Waals surface area contributed by atoms with Crippen molar-refractivity contribution < 1.29 is 5.11 Å². The summed E-state index contributed by atoms with van der Waals surface area (Å²) in [6.07, 6.45) is 4.78. The molecule has 1 aliphatic heterocycles. The van der Waals surface area contributed by atoms with Crippen LogP contribution in [-0.4, -0.2) is 10.8 Å². The largest absolute Gasteiger partial charge is 0.392 e. The van der Waals surface area contributed by atoms with E-state index in [2.05, 4.69) is 4.99 Å². The maximum absolute atomic E-state index is 8.85. The minimum atomic E-state index is 0.102. The summed E-state index contributed by atoms with van der Waals surface area (Å²) in [5.74, 6) is 0. The highest BCUT2D eigenvalue weighted by Crippen LogP contribution is 2.11. The van der Waals surface area contributed by atoms with E-state index < -0.39 is 0 Å². The molecule has 1 heterocycles. The summed E-state index contributed by atoms with van der Waals surface area (Å²) in [7, 11) is 0. The standard InChI is InChI=1S/C11H11NO/c13-8-9-3-5-10(6-4-9)11-2-1-7-12-11/h1,3-7,13H,2,8H2. The zero-order valence-electron chi connectivity index (χ0n) is 7.27. The third-order valence-electron chi connectivity index (χ3n) is 2.12. The highest BCUT2D eigenvalue weighted by Gasteiger charge is 2.03. The molecule has 0 aromatic heterocycles. The minimum absolute atomic E-state index is 0.102. The fourth-order valence-corrected chi connectivity index (χ4v) is 1.35. The molecule has 0 spiro atoms. The quantitative estimate of drug-likeness (QED) is 0.727. The molecule has 0 fully saturated rings. The van der Waals surface area contributed by atoms with E-state index in [1.807, 2.05) is 36.5 Å². The van der Waals surface area contributed by atoms with E-state index in [1.165, 1.54) is 0 Å². The second kappa shape index (κ2) is 3.54. The molecule has 2 rings (SSSR count). The van der Waals surface area contributed by atoms with Gasteiger partial charge in [0.25, 0.3) is 0 Å². The van der Waals surface area contributed by atoms with Gasteiger partial charge >= 0.3 is 0 Å². The summed E-state index contributed by atoms with van der Waals surface area (Å²) in [5, 5.41) is 8.85. The van der Waals surface area contributed by atoms with Crippen molar-refractivity contribution in [1.29, 1.82) is 0 Å². The van der Waals surface area contributed by atoms with Crippen molar-refractivity contribution in [1.82, 2.24) is 0 Å². The number of benzene rings is 1. The van der Waals surface area contributed by atoms with Gasteiger partial charge in [-0.05, 0) is 11.1 Å². The van der Waals surface area contributed by atoms with Crippen LogP contribution in [0.2, 0.25) is 0 Å². The third kappa shape index (κ3) is 1.68. The third-order valence-corrected chi connectivity index (χ3v) is 2.12. The number of rotatable bonds is 2. The zero-order valence-corrected chi connectivity index (χ0v) is 7.27. The molecular formula is C11H11NO. The maximum atomic E-state index is 8.85. The van der Waals surface area contributed by atoms with Crippen LogP contribution in [0.15, 0.2) is 41.5 Å². The Morgan fingerprint density at radius 1 is 1.23 bits per heavy atom. The zero-order chi connectivity index (χ0) is 9.10. The molecule has 0 unspecified atom stereocenters. The van der Waals surface area contributed by atoms with Crippen LogP contribution < -0.4 is 0 Å². The fourth-order valence-electron chi connectivity index (χ4n) is 1.35. The van der Waals surface area contributed by atoms with Gasteiger partial charge in [-0.25, -0.2) is 0 Å². The normalized spacial score (nSPS) is 14.7. The van der Waals surface area contributed by atoms with Crippen LogP contribution in [0.25, 0.3) is 0 Å². The van der Waals surface area contributed by atoms with Crippen molar-refractivity contribution in [2.75, 3.05) is 0 Å². The Morgan fingerprint density at radius 2 is 2.00 bits per heavy atom. The molecule has 13 heavy (non-hydrogen) atoms. The van der Waals surface area contributed by atoms with Gasteiger partial charge in [0.1, 0.15) is 0 Å². The van der Waals surface area contributed by atoms with Gasteiger partial charge in [-0.3, -0.25) is 4.99 Å². The SMILES string of the molecule is OCc1ccc(C2=NC=CC2)cc1. The van der Waals surface area contributed by atoms with Gasteiger partial charge in [-0.15, -0.1) is 0 Å². The molecule has 1 aromatic carbocycles. The lowest BCUT2D eigenvalue weighted by molar-refractivity contribution is 0.282. The molecule has 2 nitrogen and oxygen atoms in total. The molecule has 1 aliphatic rings. The Labute approximate surface area is 77.3 Å². The molecule has 0 aliphatic carbocycles. The van der Waals surface area contributed by atoms with E-state index in [4.69, 9.17) is 5.11 Å². The van der Waals surface area contributed by atoms with E-state index in [9.17, 15) is 0 Å². The van der Waals surface area contributed by atoms with E-state index in [-0.39, 0.29) is 6.61 Å². The summed E-state index contributed by atoms with van der Waals surface area (Å²) in [6, 6.07) is 7.85. The summed E-state index contributed by atoms with van der Waals surface area (Å²) >= 11 is 0. The molecule has 0 radical (unpaired) electrons. The lowest BCUT2D eigenvalue weighted by Crippen LogP contribution is -1.96. The van der Waals surface area contributed by atoms with Crippen molar-refractivity contribution in [3.63, 3.8) is 0 Å². The topological polar surface area (TPSA) is 32.6 Å². The van der Waals surface area contributed by atoms with Crippen LogP contribution >= 0.6 is 0 Å². The van der Waals surface area contributed by atoms with Crippen molar-refractivity contribution in [2.24, 2.45) is 4.99 Å². The van der Waals surface area contributed by atoms with Gasteiger partial charge < -0.3 is 5.11 Å². The molecule has 2 heteroatoms. The van der Waals surface area contributed by atoms with Crippen LogP contribution in [0.3, 0.4) is 0 Å². The van der Waals surface area contributed by atoms with Crippen LogP contribution in [-0.2, 0) is 6.61 Å².